The highest BCUT2D eigenvalue weighted by Gasteiger charge is 2.32. The van der Waals surface area contributed by atoms with Crippen LogP contribution in [0.2, 0.25) is 0 Å². The van der Waals surface area contributed by atoms with Crippen molar-refractivity contribution in [1.29, 1.82) is 0 Å². The lowest BCUT2D eigenvalue weighted by Crippen LogP contribution is -2.44. The summed E-state index contributed by atoms with van der Waals surface area (Å²) in [6, 6.07) is 7.60. The Labute approximate surface area is 128 Å². The van der Waals surface area contributed by atoms with Crippen LogP contribution in [0.15, 0.2) is 24.3 Å². The third-order valence-corrected chi connectivity index (χ3v) is 3.87. The Balaban J connectivity index is 2.79. The van der Waals surface area contributed by atoms with Crippen LogP contribution in [0.5, 0.6) is 0 Å². The second-order valence-corrected chi connectivity index (χ2v) is 6.29. The van der Waals surface area contributed by atoms with Crippen LogP contribution in [0, 0.1) is 0 Å². The van der Waals surface area contributed by atoms with Gasteiger partial charge in [0.15, 0.2) is 0 Å². The quantitative estimate of drug-likeness (QED) is 0.785. The lowest BCUT2D eigenvalue weighted by Gasteiger charge is -2.32. The summed E-state index contributed by atoms with van der Waals surface area (Å²) in [5.74, 6) is 0.175. The van der Waals surface area contributed by atoms with Crippen LogP contribution in [-0.4, -0.2) is 49.4 Å². The molecule has 1 aromatic rings. The van der Waals surface area contributed by atoms with Crippen LogP contribution in [0.4, 0.5) is 5.69 Å². The monoisotopic (exact) mass is 291 g/mol. The summed E-state index contributed by atoms with van der Waals surface area (Å²) in [5, 5.41) is 0. The second-order valence-electron chi connectivity index (χ2n) is 6.29. The zero-order chi connectivity index (χ0) is 16.0. The maximum atomic E-state index is 12.8. The number of amides is 1. The van der Waals surface area contributed by atoms with E-state index in [4.69, 9.17) is 5.73 Å². The molecule has 1 aromatic carbocycles. The Morgan fingerprint density at radius 1 is 1.14 bits per heavy atom. The van der Waals surface area contributed by atoms with Crippen LogP contribution < -0.4 is 5.73 Å². The lowest BCUT2D eigenvalue weighted by molar-refractivity contribution is -0.136. The van der Waals surface area contributed by atoms with E-state index in [1.165, 1.54) is 0 Å². The molecule has 4 nitrogen and oxygen atoms in total. The fourth-order valence-corrected chi connectivity index (χ4v) is 2.40. The van der Waals surface area contributed by atoms with Crippen molar-refractivity contribution in [2.24, 2.45) is 0 Å². The van der Waals surface area contributed by atoms with Gasteiger partial charge in [-0.25, -0.2) is 0 Å². The summed E-state index contributed by atoms with van der Waals surface area (Å²) >= 11 is 0. The van der Waals surface area contributed by atoms with Gasteiger partial charge in [-0.05, 0) is 65.5 Å². The van der Waals surface area contributed by atoms with Gasteiger partial charge in [-0.3, -0.25) is 4.79 Å². The summed E-state index contributed by atoms with van der Waals surface area (Å²) in [6.07, 6.45) is 0.990. The molecule has 0 radical (unpaired) electrons. The zero-order valence-electron chi connectivity index (χ0n) is 14.0. The number of nitrogens with two attached hydrogens (primary N) is 1. The van der Waals surface area contributed by atoms with Gasteiger partial charge in [-0.2, -0.15) is 0 Å². The molecular weight excluding hydrogens is 262 g/mol. The van der Waals surface area contributed by atoms with Gasteiger partial charge in [0.05, 0.1) is 5.41 Å². The average molecular weight is 291 g/mol. The van der Waals surface area contributed by atoms with E-state index in [-0.39, 0.29) is 5.91 Å². The smallest absolute Gasteiger partial charge is 0.232 e. The Morgan fingerprint density at radius 3 is 2.19 bits per heavy atom. The van der Waals surface area contributed by atoms with Gasteiger partial charge in [-0.1, -0.05) is 12.1 Å². The Bertz CT molecular complexity index is 452. The van der Waals surface area contributed by atoms with Crippen molar-refractivity contribution in [3.05, 3.63) is 29.8 Å². The number of likely N-dealkylation sites (N-methyl/N-ethyl adjacent to an activating group) is 1. The fourth-order valence-electron chi connectivity index (χ4n) is 2.40. The van der Waals surface area contributed by atoms with Gasteiger partial charge in [0.25, 0.3) is 0 Å². The molecular formula is C17H29N3O. The Kier molecular flexibility index (Phi) is 6.21. The van der Waals surface area contributed by atoms with Crippen LogP contribution in [0.3, 0.4) is 0 Å². The molecule has 0 aliphatic rings. The predicted octanol–water partition coefficient (Wildman–Crippen LogP) is 2.35. The van der Waals surface area contributed by atoms with Crippen molar-refractivity contribution in [3.8, 4) is 0 Å². The normalized spacial score (nSPS) is 11.7. The van der Waals surface area contributed by atoms with Gasteiger partial charge >= 0.3 is 0 Å². The van der Waals surface area contributed by atoms with E-state index in [9.17, 15) is 4.79 Å². The van der Waals surface area contributed by atoms with E-state index in [1.807, 2.05) is 49.9 Å². The third kappa shape index (κ3) is 4.74. The minimum atomic E-state index is -0.526. The maximum absolute atomic E-state index is 12.8. The van der Waals surface area contributed by atoms with Gasteiger partial charge in [0.1, 0.15) is 0 Å². The zero-order valence-corrected chi connectivity index (χ0v) is 14.0. The summed E-state index contributed by atoms with van der Waals surface area (Å²) in [7, 11) is 4.10. The molecule has 0 saturated carbocycles. The van der Waals surface area contributed by atoms with Crippen LogP contribution in [0.25, 0.3) is 0 Å². The first-order valence-corrected chi connectivity index (χ1v) is 7.59. The summed E-state index contributed by atoms with van der Waals surface area (Å²) in [6.45, 7) is 8.53. The van der Waals surface area contributed by atoms with Gasteiger partial charge in [0, 0.05) is 18.8 Å². The molecule has 0 fully saturated rings. The van der Waals surface area contributed by atoms with Crippen LogP contribution >= 0.6 is 0 Å². The minimum Gasteiger partial charge on any atom is -0.399 e. The summed E-state index contributed by atoms with van der Waals surface area (Å²) in [5.41, 5.74) is 6.93. The number of nitrogen functional groups attached to an aromatic ring is 1. The number of rotatable bonds is 7. The fraction of sp³-hybridized carbons (Fsp3) is 0.588. The number of nitrogens with zero attached hydrogens (tertiary/aromatic N) is 2. The SMILES string of the molecule is CCN(CCCN(C)C)C(=O)C(C)(C)c1ccc(N)cc1. The molecule has 1 amide bonds. The van der Waals surface area contributed by atoms with E-state index in [0.717, 1.165) is 37.3 Å². The highest BCUT2D eigenvalue weighted by Crippen LogP contribution is 2.26. The van der Waals surface area contributed by atoms with Crippen molar-refractivity contribution in [3.63, 3.8) is 0 Å². The Morgan fingerprint density at radius 2 is 1.71 bits per heavy atom. The van der Waals surface area contributed by atoms with Gasteiger partial charge in [0.2, 0.25) is 5.91 Å². The number of hydrogen-bond donors (Lipinski definition) is 1. The molecule has 4 heteroatoms. The van der Waals surface area contributed by atoms with Crippen molar-refractivity contribution < 1.29 is 4.79 Å². The van der Waals surface area contributed by atoms with E-state index in [2.05, 4.69) is 19.0 Å². The molecule has 0 spiro atoms. The topological polar surface area (TPSA) is 49.6 Å². The number of carbonyl (C=O) groups excluding carboxylic acids is 1. The Hall–Kier alpha value is -1.55. The lowest BCUT2D eigenvalue weighted by atomic mass is 9.83. The van der Waals surface area contributed by atoms with E-state index in [0.29, 0.717) is 0 Å². The number of carbonyl (C=O) groups is 1. The highest BCUT2D eigenvalue weighted by molar-refractivity contribution is 5.87. The van der Waals surface area contributed by atoms with Crippen LogP contribution in [0.1, 0.15) is 32.8 Å². The first-order chi connectivity index (χ1) is 9.78. The van der Waals surface area contributed by atoms with Crippen molar-refractivity contribution in [2.75, 3.05) is 39.5 Å². The van der Waals surface area contributed by atoms with Crippen molar-refractivity contribution >= 4 is 11.6 Å². The summed E-state index contributed by atoms with van der Waals surface area (Å²) < 4.78 is 0. The van der Waals surface area contributed by atoms with Gasteiger partial charge in [-0.15, -0.1) is 0 Å². The average Bonchev–Trinajstić information content (AvgIpc) is 2.43. The van der Waals surface area contributed by atoms with Crippen molar-refractivity contribution in [2.45, 2.75) is 32.6 Å². The predicted molar refractivity (Wildman–Crippen MR) is 89.3 cm³/mol. The number of anilines is 1. The molecule has 0 unspecified atom stereocenters. The van der Waals surface area contributed by atoms with Gasteiger partial charge < -0.3 is 15.5 Å². The molecule has 0 aromatic heterocycles. The minimum absolute atomic E-state index is 0.175. The van der Waals surface area contributed by atoms with E-state index >= 15 is 0 Å². The van der Waals surface area contributed by atoms with Crippen molar-refractivity contribution in [1.82, 2.24) is 9.80 Å². The molecule has 0 atom stereocenters. The van der Waals surface area contributed by atoms with Crippen LogP contribution in [-0.2, 0) is 10.2 Å². The molecule has 0 aliphatic heterocycles. The maximum Gasteiger partial charge on any atom is 0.232 e. The molecule has 2 N–H and O–H groups in total. The molecule has 0 heterocycles. The number of hydrogen-bond acceptors (Lipinski definition) is 3. The molecule has 0 bridgehead atoms. The largest absolute Gasteiger partial charge is 0.399 e. The summed E-state index contributed by atoms with van der Waals surface area (Å²) in [4.78, 5) is 16.9. The molecule has 118 valence electrons. The van der Waals surface area contributed by atoms with E-state index < -0.39 is 5.41 Å². The molecule has 21 heavy (non-hydrogen) atoms. The first kappa shape index (κ1) is 17.5. The first-order valence-electron chi connectivity index (χ1n) is 7.59. The highest BCUT2D eigenvalue weighted by atomic mass is 16.2. The number of benzene rings is 1. The molecule has 0 saturated heterocycles. The molecule has 1 rings (SSSR count). The van der Waals surface area contributed by atoms with E-state index in [1.54, 1.807) is 0 Å². The third-order valence-electron chi connectivity index (χ3n) is 3.87. The molecule has 0 aliphatic carbocycles. The second kappa shape index (κ2) is 7.46. The standard InChI is InChI=1S/C17H29N3O/c1-6-20(13-7-12-19(4)5)16(21)17(2,3)14-8-10-15(18)11-9-14/h8-11H,6-7,12-13,18H2,1-5H3.